The number of nitrogens with zero attached hydrogens (tertiary/aromatic N) is 2. The van der Waals surface area contributed by atoms with Gasteiger partial charge in [-0.2, -0.15) is 12.8 Å². The largest absolute Gasteiger partial charge is 0.763 e. The Bertz CT molecular complexity index is 830. The number of quaternary nitrogens is 1. The van der Waals surface area contributed by atoms with Crippen molar-refractivity contribution in [2.24, 2.45) is 4.40 Å². The molecular formula is C15H15N3O3S. The molecule has 1 aromatic rings. The number of ether oxygens (including phenoxy) is 1. The predicted molar refractivity (Wildman–Crippen MR) is 84.4 cm³/mol. The molecule has 0 spiro atoms. The molecule has 0 aromatic heterocycles. The van der Waals surface area contributed by atoms with Gasteiger partial charge in [-0.1, -0.05) is 12.2 Å². The Morgan fingerprint density at radius 3 is 2.68 bits per heavy atom. The number of sulfonamides is 1. The average Bonchev–Trinajstić information content (AvgIpc) is 2.54. The van der Waals surface area contributed by atoms with Gasteiger partial charge in [-0.15, -0.1) is 0 Å². The van der Waals surface area contributed by atoms with Gasteiger partial charge in [-0.25, -0.2) is 0 Å². The first kappa shape index (κ1) is 15.9. The predicted octanol–water partition coefficient (Wildman–Crippen LogP) is 0.858. The summed E-state index contributed by atoms with van der Waals surface area (Å²) in [4.78, 5) is -0.0381. The van der Waals surface area contributed by atoms with Crippen LogP contribution >= 0.6 is 0 Å². The summed E-state index contributed by atoms with van der Waals surface area (Å²) in [5.74, 6) is 2.13. The minimum Gasteiger partial charge on any atom is -0.763 e. The highest BCUT2D eigenvalue weighted by atomic mass is 32.2. The summed E-state index contributed by atoms with van der Waals surface area (Å²) in [5, 5.41) is 9.03. The second-order valence-corrected chi connectivity index (χ2v) is 6.00. The molecular weight excluding hydrogens is 302 g/mol. The molecule has 3 N–H and O–H groups in total. The van der Waals surface area contributed by atoms with Crippen LogP contribution in [0.2, 0.25) is 0 Å². The molecule has 2 rings (SSSR count). The number of hydrogen-bond donors (Lipinski definition) is 1. The topological polar surface area (TPSA) is 106 Å². The van der Waals surface area contributed by atoms with Crippen molar-refractivity contribution in [3.8, 4) is 5.75 Å². The summed E-state index contributed by atoms with van der Waals surface area (Å²) >= 11 is 0. The summed E-state index contributed by atoms with van der Waals surface area (Å²) in [6, 6.07) is 4.80. The highest BCUT2D eigenvalue weighted by Crippen LogP contribution is 2.27. The quantitative estimate of drug-likeness (QED) is 0.832. The van der Waals surface area contributed by atoms with Gasteiger partial charge in [-0.05, 0) is 30.4 Å². The highest BCUT2D eigenvalue weighted by molar-refractivity contribution is 7.90. The summed E-state index contributed by atoms with van der Waals surface area (Å²) < 4.78 is 33.9. The molecule has 0 amide bonds. The van der Waals surface area contributed by atoms with Crippen molar-refractivity contribution in [1.82, 2.24) is 0 Å². The fraction of sp³-hybridized carbons (Fsp3) is 0.133. The first-order chi connectivity index (χ1) is 10.5. The SMILES string of the molecule is COc1ccc(C[NH3+])cc1S(=O)(=O)/N=C1/C=CC=CC1=C=[N-]. The minimum atomic E-state index is -4.00. The molecule has 0 radical (unpaired) electrons. The lowest BCUT2D eigenvalue weighted by Crippen LogP contribution is -2.47. The maximum Gasteiger partial charge on any atom is 0.286 e. The monoisotopic (exact) mass is 317 g/mol. The Kier molecular flexibility index (Phi) is 4.72. The molecule has 0 aliphatic heterocycles. The zero-order chi connectivity index (χ0) is 16.2. The molecule has 22 heavy (non-hydrogen) atoms. The molecule has 0 atom stereocenters. The maximum absolute atomic E-state index is 12.5. The van der Waals surface area contributed by atoms with Crippen LogP contribution in [0, 0.1) is 0 Å². The highest BCUT2D eigenvalue weighted by Gasteiger charge is 2.21. The van der Waals surface area contributed by atoms with Gasteiger partial charge in [0.2, 0.25) is 0 Å². The van der Waals surface area contributed by atoms with E-state index in [4.69, 9.17) is 10.1 Å². The number of methoxy groups -OCH3 is 1. The zero-order valence-corrected chi connectivity index (χ0v) is 12.8. The Morgan fingerprint density at radius 2 is 2.05 bits per heavy atom. The number of hydrogen-bond acceptors (Lipinski definition) is 3. The standard InChI is InChI=1S/C15H14N3O3S/c1-21-14-7-6-11(9-16)8-15(14)22(19,20)18-13-5-3-2-4-12(13)10-17/h2-8H,9,16H2,1H3/q-1/p+1/b18-13-. The van der Waals surface area contributed by atoms with E-state index in [-0.39, 0.29) is 21.9 Å². The first-order valence-corrected chi connectivity index (χ1v) is 7.89. The minimum absolute atomic E-state index is 0.0381. The zero-order valence-electron chi connectivity index (χ0n) is 12.0. The van der Waals surface area contributed by atoms with Crippen LogP contribution in [0.25, 0.3) is 5.41 Å². The van der Waals surface area contributed by atoms with E-state index in [1.165, 1.54) is 25.3 Å². The summed E-state index contributed by atoms with van der Waals surface area (Å²) in [7, 11) is -2.61. The van der Waals surface area contributed by atoms with Crippen LogP contribution in [0.15, 0.2) is 57.4 Å². The molecule has 0 fully saturated rings. The lowest BCUT2D eigenvalue weighted by atomic mass is 10.1. The number of benzene rings is 1. The van der Waals surface area contributed by atoms with Gasteiger partial charge < -0.3 is 15.9 Å². The molecule has 7 heteroatoms. The second kappa shape index (κ2) is 6.53. The summed E-state index contributed by atoms with van der Waals surface area (Å²) in [5.41, 5.74) is 4.79. The Labute approximate surface area is 128 Å². The van der Waals surface area contributed by atoms with Crippen LogP contribution < -0.4 is 10.5 Å². The van der Waals surface area contributed by atoms with Crippen LogP contribution in [0.3, 0.4) is 0 Å². The Balaban J connectivity index is 2.58. The van der Waals surface area contributed by atoms with E-state index in [1.54, 1.807) is 24.3 Å². The van der Waals surface area contributed by atoms with Crippen molar-refractivity contribution in [3.63, 3.8) is 0 Å². The van der Waals surface area contributed by atoms with Crippen molar-refractivity contribution in [2.75, 3.05) is 7.11 Å². The number of allylic oxidation sites excluding steroid dienone is 5. The normalized spacial score (nSPS) is 15.9. The van der Waals surface area contributed by atoms with Gasteiger partial charge in [0.05, 0.1) is 19.4 Å². The average molecular weight is 317 g/mol. The third-order valence-corrected chi connectivity index (χ3v) is 4.35. The molecule has 1 aromatic carbocycles. The second-order valence-electron chi connectivity index (χ2n) is 4.43. The van der Waals surface area contributed by atoms with Gasteiger partial charge in [0.1, 0.15) is 10.6 Å². The van der Waals surface area contributed by atoms with Crippen molar-refractivity contribution in [1.29, 1.82) is 0 Å². The maximum atomic E-state index is 12.5. The lowest BCUT2D eigenvalue weighted by Gasteiger charge is -2.10. The van der Waals surface area contributed by atoms with Crippen molar-refractivity contribution < 1.29 is 18.9 Å². The third kappa shape index (κ3) is 3.23. The number of rotatable bonds is 4. The Morgan fingerprint density at radius 1 is 1.32 bits per heavy atom. The lowest BCUT2D eigenvalue weighted by molar-refractivity contribution is -0.386. The van der Waals surface area contributed by atoms with Crippen molar-refractivity contribution in [2.45, 2.75) is 11.4 Å². The molecule has 1 aliphatic rings. The van der Waals surface area contributed by atoms with Gasteiger partial charge in [-0.3, -0.25) is 5.87 Å². The van der Waals surface area contributed by atoms with E-state index in [9.17, 15) is 8.42 Å². The molecule has 0 bridgehead atoms. The fourth-order valence-electron chi connectivity index (χ4n) is 1.90. The van der Waals surface area contributed by atoms with E-state index in [0.29, 0.717) is 6.54 Å². The molecule has 0 saturated heterocycles. The molecule has 0 saturated carbocycles. The van der Waals surface area contributed by atoms with Crippen LogP contribution in [-0.4, -0.2) is 27.1 Å². The van der Waals surface area contributed by atoms with E-state index in [0.717, 1.165) is 5.56 Å². The van der Waals surface area contributed by atoms with Gasteiger partial charge >= 0.3 is 0 Å². The van der Waals surface area contributed by atoms with Crippen LogP contribution in [-0.2, 0) is 16.6 Å². The summed E-state index contributed by atoms with van der Waals surface area (Å²) in [6.07, 6.45) is 6.26. The van der Waals surface area contributed by atoms with Gasteiger partial charge in [0.15, 0.2) is 0 Å². The third-order valence-electron chi connectivity index (χ3n) is 3.04. The van der Waals surface area contributed by atoms with Gasteiger partial charge in [0, 0.05) is 11.1 Å². The van der Waals surface area contributed by atoms with Crippen LogP contribution in [0.4, 0.5) is 0 Å². The van der Waals surface area contributed by atoms with E-state index < -0.39 is 10.0 Å². The van der Waals surface area contributed by atoms with Crippen LogP contribution in [0.1, 0.15) is 5.56 Å². The van der Waals surface area contributed by atoms with Gasteiger partial charge in [0.25, 0.3) is 10.0 Å². The molecule has 0 unspecified atom stereocenters. The van der Waals surface area contributed by atoms with Crippen LogP contribution in [0.5, 0.6) is 5.75 Å². The summed E-state index contributed by atoms with van der Waals surface area (Å²) in [6.45, 7) is 0.446. The molecule has 1 aliphatic carbocycles. The fourth-order valence-corrected chi connectivity index (χ4v) is 3.13. The molecule has 0 heterocycles. The molecule has 114 valence electrons. The van der Waals surface area contributed by atoms with Crippen molar-refractivity contribution in [3.05, 3.63) is 59.0 Å². The van der Waals surface area contributed by atoms with Crippen molar-refractivity contribution >= 4 is 21.6 Å². The first-order valence-electron chi connectivity index (χ1n) is 6.45. The van der Waals surface area contributed by atoms with E-state index >= 15 is 0 Å². The smallest absolute Gasteiger partial charge is 0.286 e. The van der Waals surface area contributed by atoms with E-state index in [1.807, 2.05) is 5.87 Å². The molecule has 6 nitrogen and oxygen atoms in total. The van der Waals surface area contributed by atoms with E-state index in [2.05, 4.69) is 10.1 Å². The Hall–Kier alpha value is -2.47.